The van der Waals surface area contributed by atoms with E-state index in [1.165, 1.54) is 4.90 Å². The summed E-state index contributed by atoms with van der Waals surface area (Å²) in [6, 6.07) is 5.48. The van der Waals surface area contributed by atoms with Crippen molar-refractivity contribution in [3.05, 3.63) is 23.8 Å². The number of hydrogen-bond donors (Lipinski definition) is 2. The lowest BCUT2D eigenvalue weighted by Gasteiger charge is -2.27. The van der Waals surface area contributed by atoms with Gasteiger partial charge in [-0.25, -0.2) is 4.79 Å². The third-order valence-corrected chi connectivity index (χ3v) is 4.44. The van der Waals surface area contributed by atoms with Gasteiger partial charge in [0.2, 0.25) is 5.91 Å². The Hall–Kier alpha value is -2.16. The van der Waals surface area contributed by atoms with Gasteiger partial charge in [0, 0.05) is 45.7 Å². The van der Waals surface area contributed by atoms with Gasteiger partial charge in [-0.2, -0.15) is 0 Å². The predicted octanol–water partition coefficient (Wildman–Crippen LogP) is 1.10. The van der Waals surface area contributed by atoms with E-state index in [4.69, 9.17) is 4.52 Å². The average Bonchev–Trinajstić information content (AvgIpc) is 2.99. The van der Waals surface area contributed by atoms with Crippen molar-refractivity contribution < 1.29 is 14.1 Å². The lowest BCUT2D eigenvalue weighted by Crippen LogP contribution is -2.49. The molecule has 0 saturated carbocycles. The molecule has 2 aliphatic heterocycles. The van der Waals surface area contributed by atoms with E-state index in [9.17, 15) is 9.59 Å². The summed E-state index contributed by atoms with van der Waals surface area (Å²) in [7, 11) is 0. The van der Waals surface area contributed by atoms with Crippen molar-refractivity contribution in [2.24, 2.45) is 0 Å². The number of fused-ring (bicyclic) bond motifs is 1. The van der Waals surface area contributed by atoms with Crippen molar-refractivity contribution in [2.45, 2.75) is 13.0 Å². The molecule has 25 heavy (non-hydrogen) atoms. The van der Waals surface area contributed by atoms with Crippen molar-refractivity contribution in [2.75, 3.05) is 37.6 Å². The van der Waals surface area contributed by atoms with E-state index >= 15 is 0 Å². The van der Waals surface area contributed by atoms with E-state index in [1.807, 2.05) is 18.2 Å². The Kier molecular flexibility index (Phi) is 5.22. The van der Waals surface area contributed by atoms with Gasteiger partial charge in [-0.1, -0.05) is 11.2 Å². The molecule has 1 aromatic heterocycles. The van der Waals surface area contributed by atoms with Crippen LogP contribution in [0.15, 0.2) is 22.7 Å². The van der Waals surface area contributed by atoms with Gasteiger partial charge in [-0.3, -0.25) is 19.9 Å². The Morgan fingerprint density at radius 3 is 2.72 bits per heavy atom. The minimum Gasteiger partial charge on any atom is -0.354 e. The van der Waals surface area contributed by atoms with Gasteiger partial charge < -0.3 is 9.84 Å². The highest BCUT2D eigenvalue weighted by Gasteiger charge is 2.28. The molecule has 2 saturated heterocycles. The standard InChI is InChI=1S/C16H19N5O3.ClH/c22-14-3-6-21(16(23)18-14)15-12-9-11(1-2-13(12)24-19-15)10-20-7-4-17-5-8-20;/h1-2,9,17H,3-8,10H2,(H,18,22,23);1H. The largest absolute Gasteiger partial charge is 0.354 e. The third kappa shape index (κ3) is 3.60. The molecule has 2 N–H and O–H groups in total. The van der Waals surface area contributed by atoms with E-state index in [2.05, 4.69) is 20.7 Å². The molecule has 3 amide bonds. The van der Waals surface area contributed by atoms with Crippen LogP contribution in [0.5, 0.6) is 0 Å². The van der Waals surface area contributed by atoms with Gasteiger partial charge in [0.25, 0.3) is 0 Å². The SMILES string of the molecule is Cl.O=C1CCN(c2noc3ccc(CN4CCNCC4)cc23)C(=O)N1. The molecule has 3 heterocycles. The maximum Gasteiger partial charge on any atom is 0.329 e. The predicted molar refractivity (Wildman–Crippen MR) is 94.9 cm³/mol. The number of nitrogens with one attached hydrogen (secondary N) is 2. The van der Waals surface area contributed by atoms with Crippen LogP contribution in [0.2, 0.25) is 0 Å². The zero-order valence-corrected chi connectivity index (χ0v) is 14.5. The minimum absolute atomic E-state index is 0. The second kappa shape index (κ2) is 7.38. The highest BCUT2D eigenvalue weighted by Crippen LogP contribution is 2.28. The van der Waals surface area contributed by atoms with Gasteiger partial charge in [0.1, 0.15) is 0 Å². The number of hydrogen-bond acceptors (Lipinski definition) is 6. The van der Waals surface area contributed by atoms with Gasteiger partial charge >= 0.3 is 6.03 Å². The monoisotopic (exact) mass is 365 g/mol. The van der Waals surface area contributed by atoms with E-state index < -0.39 is 6.03 Å². The zero-order chi connectivity index (χ0) is 16.5. The maximum atomic E-state index is 12.0. The van der Waals surface area contributed by atoms with Crippen LogP contribution >= 0.6 is 12.4 Å². The first-order valence-electron chi connectivity index (χ1n) is 8.13. The van der Waals surface area contributed by atoms with E-state index in [-0.39, 0.29) is 24.7 Å². The number of anilines is 1. The van der Waals surface area contributed by atoms with Crippen molar-refractivity contribution in [1.82, 2.24) is 20.7 Å². The number of piperazine rings is 1. The molecule has 0 atom stereocenters. The van der Waals surface area contributed by atoms with Crippen molar-refractivity contribution in [3.8, 4) is 0 Å². The summed E-state index contributed by atoms with van der Waals surface area (Å²) in [6.45, 7) is 5.21. The summed E-state index contributed by atoms with van der Waals surface area (Å²) in [5.41, 5.74) is 1.79. The van der Waals surface area contributed by atoms with E-state index in [0.717, 1.165) is 43.7 Å². The number of nitrogens with zero attached hydrogens (tertiary/aromatic N) is 3. The van der Waals surface area contributed by atoms with Crippen LogP contribution in [0.4, 0.5) is 10.6 Å². The van der Waals surface area contributed by atoms with Gasteiger partial charge in [0.05, 0.1) is 5.39 Å². The van der Waals surface area contributed by atoms with Gasteiger partial charge in [-0.05, 0) is 17.7 Å². The Balaban J connectivity index is 0.00000182. The third-order valence-electron chi connectivity index (χ3n) is 4.44. The van der Waals surface area contributed by atoms with Crippen LogP contribution < -0.4 is 15.5 Å². The molecule has 0 aliphatic carbocycles. The first-order valence-corrected chi connectivity index (χ1v) is 8.13. The zero-order valence-electron chi connectivity index (χ0n) is 13.7. The summed E-state index contributed by atoms with van der Waals surface area (Å²) < 4.78 is 5.34. The Bertz CT molecular complexity index is 787. The number of carbonyl (C=O) groups is 2. The summed E-state index contributed by atoms with van der Waals surface area (Å²) in [6.07, 6.45) is 0.264. The number of halogens is 1. The van der Waals surface area contributed by atoms with Crippen LogP contribution in [-0.4, -0.2) is 54.7 Å². The van der Waals surface area contributed by atoms with E-state index in [0.29, 0.717) is 17.9 Å². The highest BCUT2D eigenvalue weighted by molar-refractivity contribution is 6.08. The number of benzene rings is 1. The summed E-state index contributed by atoms with van der Waals surface area (Å²) >= 11 is 0. The number of carbonyl (C=O) groups excluding carboxylic acids is 2. The van der Waals surface area contributed by atoms with Gasteiger partial charge in [0.15, 0.2) is 11.4 Å². The molecule has 2 aromatic rings. The number of urea groups is 1. The molecule has 1 aromatic carbocycles. The average molecular weight is 366 g/mol. The van der Waals surface area contributed by atoms with E-state index in [1.54, 1.807) is 0 Å². The number of amides is 3. The summed E-state index contributed by atoms with van der Waals surface area (Å²) in [5, 5.41) is 10.5. The normalized spacial score (nSPS) is 19.0. The molecule has 0 radical (unpaired) electrons. The Morgan fingerprint density at radius 1 is 1.16 bits per heavy atom. The molecule has 2 aliphatic rings. The maximum absolute atomic E-state index is 12.0. The lowest BCUT2D eigenvalue weighted by atomic mass is 10.1. The molecule has 4 rings (SSSR count). The van der Waals surface area contributed by atoms with Gasteiger partial charge in [-0.15, -0.1) is 12.4 Å². The van der Waals surface area contributed by atoms with Crippen molar-refractivity contribution in [1.29, 1.82) is 0 Å². The molecular weight excluding hydrogens is 346 g/mol. The van der Waals surface area contributed by atoms with Crippen LogP contribution in [0.3, 0.4) is 0 Å². The van der Waals surface area contributed by atoms with Crippen LogP contribution in [-0.2, 0) is 11.3 Å². The van der Waals surface area contributed by atoms with Crippen LogP contribution in [0, 0.1) is 0 Å². The second-order valence-corrected chi connectivity index (χ2v) is 6.12. The number of rotatable bonds is 3. The van der Waals surface area contributed by atoms with Crippen molar-refractivity contribution >= 4 is 41.1 Å². The number of aromatic nitrogens is 1. The fraction of sp³-hybridized carbons (Fsp3) is 0.438. The fourth-order valence-electron chi connectivity index (χ4n) is 3.16. The summed E-state index contributed by atoms with van der Waals surface area (Å²) in [4.78, 5) is 27.2. The molecular formula is C16H20ClN5O3. The topological polar surface area (TPSA) is 90.7 Å². The molecule has 9 heteroatoms. The molecule has 2 fully saturated rings. The Morgan fingerprint density at radius 2 is 1.96 bits per heavy atom. The molecule has 0 unspecified atom stereocenters. The molecule has 0 spiro atoms. The summed E-state index contributed by atoms with van der Waals surface area (Å²) in [5.74, 6) is 0.209. The van der Waals surface area contributed by atoms with Crippen LogP contribution in [0.25, 0.3) is 11.0 Å². The quantitative estimate of drug-likeness (QED) is 0.846. The Labute approximate surface area is 150 Å². The fourth-order valence-corrected chi connectivity index (χ4v) is 3.16. The number of imide groups is 1. The first-order chi connectivity index (χ1) is 11.7. The minimum atomic E-state index is -0.450. The first kappa shape index (κ1) is 17.7. The molecule has 0 bridgehead atoms. The molecule has 134 valence electrons. The van der Waals surface area contributed by atoms with Crippen molar-refractivity contribution in [3.63, 3.8) is 0 Å². The van der Waals surface area contributed by atoms with Crippen LogP contribution in [0.1, 0.15) is 12.0 Å². The second-order valence-electron chi connectivity index (χ2n) is 6.12. The smallest absolute Gasteiger partial charge is 0.329 e. The highest BCUT2D eigenvalue weighted by atomic mass is 35.5. The molecule has 8 nitrogen and oxygen atoms in total. The lowest BCUT2D eigenvalue weighted by molar-refractivity contribution is -0.120.